The van der Waals surface area contributed by atoms with Crippen molar-refractivity contribution < 1.29 is 27.5 Å². The van der Waals surface area contributed by atoms with E-state index in [0.29, 0.717) is 55.1 Å². The minimum Gasteiger partial charge on any atom is -0.373 e. The summed E-state index contributed by atoms with van der Waals surface area (Å²) in [5, 5.41) is 3.09. The van der Waals surface area contributed by atoms with Crippen LogP contribution in [-0.2, 0) is 24.1 Å². The van der Waals surface area contributed by atoms with Crippen LogP contribution >= 0.6 is 0 Å². The third kappa shape index (κ3) is 5.05. The zero-order valence-corrected chi connectivity index (χ0v) is 21.0. The van der Waals surface area contributed by atoms with Gasteiger partial charge in [-0.25, -0.2) is 0 Å². The number of likely N-dealkylation sites (tertiary alicyclic amines) is 1. The number of ether oxygens (including phenoxy) is 1. The first-order chi connectivity index (χ1) is 18.3. The number of carbonyl (C=O) groups is 2. The zero-order chi connectivity index (χ0) is 26.9. The van der Waals surface area contributed by atoms with Gasteiger partial charge in [0, 0.05) is 19.3 Å². The first kappa shape index (κ1) is 26.0. The second kappa shape index (κ2) is 10.6. The lowest BCUT2D eigenvalue weighted by Crippen LogP contribution is -2.33. The maximum absolute atomic E-state index is 13.8. The molecule has 2 unspecified atom stereocenters. The predicted octanol–water partition coefficient (Wildman–Crippen LogP) is 5.29. The van der Waals surface area contributed by atoms with Crippen LogP contribution in [0.3, 0.4) is 0 Å². The number of pyridine rings is 1. The molecule has 200 valence electrons. The Kier molecular flexibility index (Phi) is 7.25. The molecule has 7 nitrogen and oxygen atoms in total. The summed E-state index contributed by atoms with van der Waals surface area (Å²) in [5.41, 5.74) is 2.02. The van der Waals surface area contributed by atoms with Crippen LogP contribution < -0.4 is 5.32 Å². The van der Waals surface area contributed by atoms with E-state index in [4.69, 9.17) is 4.74 Å². The number of nitrogens with one attached hydrogen (secondary N) is 1. The van der Waals surface area contributed by atoms with Gasteiger partial charge < -0.3 is 19.5 Å². The fourth-order valence-electron chi connectivity index (χ4n) is 5.31. The molecule has 0 spiro atoms. The Morgan fingerprint density at radius 1 is 1.16 bits per heavy atom. The van der Waals surface area contributed by atoms with Crippen molar-refractivity contribution in [3.05, 3.63) is 88.5 Å². The van der Waals surface area contributed by atoms with Gasteiger partial charge in [0.25, 0.3) is 11.8 Å². The molecular weight excluding hydrogens is 497 g/mol. The minimum atomic E-state index is -4.52. The number of nitrogens with zero attached hydrogens (tertiary/aromatic N) is 3. The fraction of sp³-hybridized carbons (Fsp3) is 0.393. The average molecular weight is 527 g/mol. The second-order valence-corrected chi connectivity index (χ2v) is 9.57. The number of alkyl halides is 3. The summed E-state index contributed by atoms with van der Waals surface area (Å²) in [7, 11) is 0. The molecular formula is C28H29F3N4O3. The van der Waals surface area contributed by atoms with E-state index in [2.05, 4.69) is 10.3 Å². The average Bonchev–Trinajstić information content (AvgIpc) is 3.57. The summed E-state index contributed by atoms with van der Waals surface area (Å²) < 4.78 is 46.4. The zero-order valence-electron chi connectivity index (χ0n) is 21.0. The predicted molar refractivity (Wildman–Crippen MR) is 133 cm³/mol. The second-order valence-electron chi connectivity index (χ2n) is 9.57. The molecule has 2 aliphatic heterocycles. The molecule has 2 aromatic heterocycles. The Morgan fingerprint density at radius 3 is 2.63 bits per heavy atom. The van der Waals surface area contributed by atoms with Crippen LogP contribution in [-0.4, -0.2) is 39.4 Å². The van der Waals surface area contributed by atoms with Crippen LogP contribution in [0.1, 0.15) is 81.6 Å². The van der Waals surface area contributed by atoms with Crippen molar-refractivity contribution in [1.82, 2.24) is 19.8 Å². The van der Waals surface area contributed by atoms with E-state index < -0.39 is 11.9 Å². The fourth-order valence-corrected chi connectivity index (χ4v) is 5.31. The molecule has 1 N–H and O–H groups in total. The molecule has 2 aliphatic rings. The number of aromatic nitrogens is 2. The van der Waals surface area contributed by atoms with E-state index in [1.807, 2.05) is 41.8 Å². The van der Waals surface area contributed by atoms with E-state index in [0.717, 1.165) is 18.1 Å². The Bertz CT molecular complexity index is 1310. The smallest absolute Gasteiger partial charge is 0.373 e. The summed E-state index contributed by atoms with van der Waals surface area (Å²) in [6, 6.07) is 13.1. The van der Waals surface area contributed by atoms with Gasteiger partial charge >= 0.3 is 6.18 Å². The van der Waals surface area contributed by atoms with Gasteiger partial charge in [0.15, 0.2) is 0 Å². The van der Waals surface area contributed by atoms with Crippen molar-refractivity contribution in [2.75, 3.05) is 13.2 Å². The number of benzene rings is 1. The molecule has 3 aromatic rings. The molecule has 2 amide bonds. The molecule has 2 atom stereocenters. The maximum atomic E-state index is 13.8. The van der Waals surface area contributed by atoms with Crippen molar-refractivity contribution in [3.8, 4) is 0 Å². The van der Waals surface area contributed by atoms with E-state index in [-0.39, 0.29) is 30.5 Å². The van der Waals surface area contributed by atoms with Gasteiger partial charge in [-0.05, 0) is 42.5 Å². The topological polar surface area (TPSA) is 76.5 Å². The summed E-state index contributed by atoms with van der Waals surface area (Å²) in [6.07, 6.45) is -1.28. The highest BCUT2D eigenvalue weighted by molar-refractivity contribution is 6.01. The van der Waals surface area contributed by atoms with Gasteiger partial charge in [0.2, 0.25) is 0 Å². The molecule has 1 saturated heterocycles. The first-order valence-corrected chi connectivity index (χ1v) is 12.8. The number of fused-ring (bicyclic) bond motifs is 1. The van der Waals surface area contributed by atoms with E-state index in [1.54, 1.807) is 11.0 Å². The quantitative estimate of drug-likeness (QED) is 0.474. The van der Waals surface area contributed by atoms with Crippen LogP contribution in [0.4, 0.5) is 13.2 Å². The molecule has 4 heterocycles. The largest absolute Gasteiger partial charge is 0.433 e. The van der Waals surface area contributed by atoms with Crippen molar-refractivity contribution >= 4 is 11.8 Å². The van der Waals surface area contributed by atoms with Crippen LogP contribution in [0.15, 0.2) is 54.7 Å². The molecule has 0 bridgehead atoms. The molecule has 10 heteroatoms. The number of hydrogen-bond donors (Lipinski definition) is 1. The van der Waals surface area contributed by atoms with Gasteiger partial charge in [-0.1, -0.05) is 43.3 Å². The van der Waals surface area contributed by atoms with E-state index >= 15 is 0 Å². The van der Waals surface area contributed by atoms with Gasteiger partial charge in [-0.15, -0.1) is 0 Å². The summed E-state index contributed by atoms with van der Waals surface area (Å²) in [6.45, 7) is 3.52. The number of carbonyl (C=O) groups excluding carboxylic acids is 2. The minimum absolute atomic E-state index is 0.182. The van der Waals surface area contributed by atoms with Gasteiger partial charge in [0.05, 0.1) is 36.6 Å². The van der Waals surface area contributed by atoms with Gasteiger partial charge in [-0.2, -0.15) is 13.2 Å². The van der Waals surface area contributed by atoms with Crippen molar-refractivity contribution in [2.45, 2.75) is 57.6 Å². The highest BCUT2D eigenvalue weighted by Gasteiger charge is 2.36. The van der Waals surface area contributed by atoms with Crippen molar-refractivity contribution in [1.29, 1.82) is 0 Å². The lowest BCUT2D eigenvalue weighted by molar-refractivity contribution is -0.141. The lowest BCUT2D eigenvalue weighted by Gasteiger charge is -2.26. The van der Waals surface area contributed by atoms with Crippen LogP contribution in [0.5, 0.6) is 0 Å². The molecule has 0 saturated carbocycles. The first-order valence-electron chi connectivity index (χ1n) is 12.8. The highest BCUT2D eigenvalue weighted by atomic mass is 19.4. The van der Waals surface area contributed by atoms with Crippen molar-refractivity contribution in [3.63, 3.8) is 0 Å². The van der Waals surface area contributed by atoms with Crippen molar-refractivity contribution in [2.24, 2.45) is 0 Å². The van der Waals surface area contributed by atoms with E-state index in [9.17, 15) is 22.8 Å². The monoisotopic (exact) mass is 526 g/mol. The maximum Gasteiger partial charge on any atom is 0.433 e. The highest BCUT2D eigenvalue weighted by Crippen LogP contribution is 2.35. The van der Waals surface area contributed by atoms with Crippen LogP contribution in [0, 0.1) is 0 Å². The Labute approximate surface area is 218 Å². The lowest BCUT2D eigenvalue weighted by atomic mass is 10.0. The molecule has 0 radical (unpaired) electrons. The number of amides is 2. The molecule has 38 heavy (non-hydrogen) atoms. The van der Waals surface area contributed by atoms with Gasteiger partial charge in [-0.3, -0.25) is 14.6 Å². The molecule has 1 fully saturated rings. The SMILES string of the molecule is CCC(NC(=O)c1cc(C(=O)N2CCCC2c2ccc(C(F)(F)F)nc2)n2c1COCC2)c1ccccc1. The number of hydrogen-bond acceptors (Lipinski definition) is 4. The number of halogens is 3. The Balaban J connectivity index is 1.41. The Hall–Kier alpha value is -3.66. The normalized spacial score (nSPS) is 18.2. The number of rotatable bonds is 6. The third-order valence-electron chi connectivity index (χ3n) is 7.26. The standard InChI is InChI=1S/C28H29F3N4O3/c1-2-21(18-7-4-3-5-8-18)33-26(36)20-15-23(34-13-14-38-17-24(20)34)27(37)35-12-6-9-22(35)19-10-11-25(32-16-19)28(29,30)31/h3-5,7-8,10-11,15-16,21-22H,2,6,9,12-14,17H2,1H3,(H,33,36). The third-order valence-corrected chi connectivity index (χ3v) is 7.26. The van der Waals surface area contributed by atoms with Crippen LogP contribution in [0.25, 0.3) is 0 Å². The summed E-state index contributed by atoms with van der Waals surface area (Å²) in [4.78, 5) is 32.5. The summed E-state index contributed by atoms with van der Waals surface area (Å²) >= 11 is 0. The molecule has 5 rings (SSSR count). The van der Waals surface area contributed by atoms with Crippen LogP contribution in [0.2, 0.25) is 0 Å². The van der Waals surface area contributed by atoms with Gasteiger partial charge in [0.1, 0.15) is 11.4 Å². The van der Waals surface area contributed by atoms with E-state index in [1.165, 1.54) is 12.3 Å². The molecule has 0 aliphatic carbocycles. The molecule has 1 aromatic carbocycles. The Morgan fingerprint density at radius 2 is 1.95 bits per heavy atom. The summed E-state index contributed by atoms with van der Waals surface area (Å²) in [5.74, 6) is -0.538.